The van der Waals surface area contributed by atoms with Crippen LogP contribution in [0.15, 0.2) is 0 Å². The lowest BCUT2D eigenvalue weighted by Crippen LogP contribution is -2.52. The molecule has 0 radical (unpaired) electrons. The Hall–Kier alpha value is -0.610. The molecule has 0 bridgehead atoms. The quantitative estimate of drug-likeness (QED) is 0.664. The molecule has 2 saturated carbocycles. The Kier molecular flexibility index (Phi) is 6.06. The van der Waals surface area contributed by atoms with Crippen LogP contribution in [0.2, 0.25) is 0 Å². The van der Waals surface area contributed by atoms with E-state index in [0.717, 1.165) is 38.3 Å². The lowest BCUT2D eigenvalue weighted by molar-refractivity contribution is -0.151. The monoisotopic (exact) mass is 296 g/mol. The van der Waals surface area contributed by atoms with E-state index in [9.17, 15) is 4.79 Å². The highest BCUT2D eigenvalue weighted by atomic mass is 16.5. The van der Waals surface area contributed by atoms with E-state index in [1.165, 1.54) is 25.8 Å². The number of hydrogen-bond donors (Lipinski definition) is 1. The molecule has 2 aliphatic rings. The van der Waals surface area contributed by atoms with Crippen molar-refractivity contribution in [1.29, 1.82) is 0 Å². The number of nitrogens with one attached hydrogen (secondary N) is 1. The molecule has 0 spiro atoms. The summed E-state index contributed by atoms with van der Waals surface area (Å²) in [6.45, 7) is 9.88. The molecule has 0 aromatic carbocycles. The summed E-state index contributed by atoms with van der Waals surface area (Å²) < 4.78 is 5.34. The van der Waals surface area contributed by atoms with E-state index in [1.54, 1.807) is 0 Å². The zero-order valence-electron chi connectivity index (χ0n) is 14.0. The highest BCUT2D eigenvalue weighted by Crippen LogP contribution is 2.37. The van der Waals surface area contributed by atoms with Gasteiger partial charge in [0.1, 0.15) is 5.54 Å². The van der Waals surface area contributed by atoms with Gasteiger partial charge < -0.3 is 15.0 Å². The largest absolute Gasteiger partial charge is 0.465 e. The second-order valence-electron chi connectivity index (χ2n) is 6.67. The van der Waals surface area contributed by atoms with E-state index >= 15 is 0 Å². The first-order valence-corrected chi connectivity index (χ1v) is 8.81. The Balaban J connectivity index is 2.00. The summed E-state index contributed by atoms with van der Waals surface area (Å²) in [6, 6.07) is 0.536. The van der Waals surface area contributed by atoms with Gasteiger partial charge in [-0.3, -0.25) is 4.79 Å². The standard InChI is InChI=1S/C17H32N2O2/c1-4-11-19(13-14-7-8-14)15-9-10-17(12-15,18-5-2)16(20)21-6-3/h14-15,18H,4-13H2,1-3H3. The molecule has 0 amide bonds. The van der Waals surface area contributed by atoms with Crippen LogP contribution in [0.5, 0.6) is 0 Å². The predicted octanol–water partition coefficient (Wildman–Crippen LogP) is 2.57. The zero-order chi connectivity index (χ0) is 15.3. The molecular weight excluding hydrogens is 264 g/mol. The number of carbonyl (C=O) groups is 1. The molecule has 1 N–H and O–H groups in total. The molecule has 122 valence electrons. The van der Waals surface area contributed by atoms with Gasteiger partial charge in [0.05, 0.1) is 6.61 Å². The van der Waals surface area contributed by atoms with Gasteiger partial charge in [0.2, 0.25) is 0 Å². The number of esters is 1. The molecule has 0 heterocycles. The topological polar surface area (TPSA) is 41.6 Å². The van der Waals surface area contributed by atoms with Gasteiger partial charge in [-0.1, -0.05) is 13.8 Å². The first-order valence-electron chi connectivity index (χ1n) is 8.81. The van der Waals surface area contributed by atoms with Crippen molar-refractivity contribution >= 4 is 5.97 Å². The first-order chi connectivity index (χ1) is 10.1. The summed E-state index contributed by atoms with van der Waals surface area (Å²) in [5.74, 6) is 0.866. The van der Waals surface area contributed by atoms with E-state index in [-0.39, 0.29) is 5.97 Å². The Morgan fingerprint density at radius 1 is 1.29 bits per heavy atom. The number of rotatable bonds is 9. The summed E-state index contributed by atoms with van der Waals surface area (Å²) in [5.41, 5.74) is -0.440. The molecule has 2 unspecified atom stereocenters. The molecule has 2 rings (SSSR count). The molecule has 0 aromatic heterocycles. The molecule has 2 atom stereocenters. The molecule has 21 heavy (non-hydrogen) atoms. The lowest BCUT2D eigenvalue weighted by Gasteiger charge is -2.32. The van der Waals surface area contributed by atoms with Gasteiger partial charge in [-0.2, -0.15) is 0 Å². The fraction of sp³-hybridized carbons (Fsp3) is 0.941. The number of likely N-dealkylation sites (N-methyl/N-ethyl adjacent to an activating group) is 1. The van der Waals surface area contributed by atoms with Crippen molar-refractivity contribution in [3.63, 3.8) is 0 Å². The lowest BCUT2D eigenvalue weighted by atomic mass is 9.97. The van der Waals surface area contributed by atoms with E-state index in [2.05, 4.69) is 24.1 Å². The SMILES string of the molecule is CCCN(CC1CC1)C1CCC(NCC)(C(=O)OCC)C1. The van der Waals surface area contributed by atoms with E-state index in [4.69, 9.17) is 4.74 Å². The minimum absolute atomic E-state index is 0.0442. The van der Waals surface area contributed by atoms with E-state index in [0.29, 0.717) is 12.6 Å². The molecule has 4 nitrogen and oxygen atoms in total. The van der Waals surface area contributed by atoms with Gasteiger partial charge in [0.15, 0.2) is 0 Å². The molecule has 2 fully saturated rings. The van der Waals surface area contributed by atoms with E-state index < -0.39 is 5.54 Å². The molecule has 2 aliphatic carbocycles. The Bertz CT molecular complexity index is 344. The average Bonchev–Trinajstić information content (AvgIpc) is 3.17. The van der Waals surface area contributed by atoms with Crippen molar-refractivity contribution in [2.75, 3.05) is 26.2 Å². The van der Waals surface area contributed by atoms with Crippen molar-refractivity contribution in [3.8, 4) is 0 Å². The molecule has 0 aromatic rings. The Morgan fingerprint density at radius 3 is 2.62 bits per heavy atom. The summed E-state index contributed by atoms with van der Waals surface area (Å²) in [7, 11) is 0. The second kappa shape index (κ2) is 7.59. The third kappa shape index (κ3) is 4.19. The molecule has 0 saturated heterocycles. The average molecular weight is 296 g/mol. The summed E-state index contributed by atoms with van der Waals surface area (Å²) in [6.07, 6.45) is 6.91. The van der Waals surface area contributed by atoms with Crippen LogP contribution >= 0.6 is 0 Å². The van der Waals surface area contributed by atoms with Crippen LogP contribution in [0.4, 0.5) is 0 Å². The van der Waals surface area contributed by atoms with Crippen molar-refractivity contribution in [1.82, 2.24) is 10.2 Å². The molecular formula is C17H32N2O2. The number of carbonyl (C=O) groups excluding carboxylic acids is 1. The smallest absolute Gasteiger partial charge is 0.326 e. The fourth-order valence-corrected chi connectivity index (χ4v) is 3.70. The summed E-state index contributed by atoms with van der Waals surface area (Å²) in [5, 5.41) is 3.44. The van der Waals surface area contributed by atoms with Gasteiger partial charge in [0.25, 0.3) is 0 Å². The number of ether oxygens (including phenoxy) is 1. The second-order valence-corrected chi connectivity index (χ2v) is 6.67. The Labute approximate surface area is 129 Å². The van der Waals surface area contributed by atoms with Crippen LogP contribution in [0.3, 0.4) is 0 Å². The van der Waals surface area contributed by atoms with Crippen molar-refractivity contribution in [3.05, 3.63) is 0 Å². The minimum atomic E-state index is -0.440. The van der Waals surface area contributed by atoms with Gasteiger partial charge in [-0.15, -0.1) is 0 Å². The van der Waals surface area contributed by atoms with Crippen LogP contribution in [-0.4, -0.2) is 48.7 Å². The third-order valence-electron chi connectivity index (χ3n) is 4.89. The van der Waals surface area contributed by atoms with Gasteiger partial charge in [0, 0.05) is 12.6 Å². The van der Waals surface area contributed by atoms with Crippen molar-refractivity contribution in [2.24, 2.45) is 5.92 Å². The maximum absolute atomic E-state index is 12.4. The van der Waals surface area contributed by atoms with Crippen LogP contribution < -0.4 is 5.32 Å². The summed E-state index contributed by atoms with van der Waals surface area (Å²) in [4.78, 5) is 15.0. The number of nitrogens with zero attached hydrogens (tertiary/aromatic N) is 1. The summed E-state index contributed by atoms with van der Waals surface area (Å²) >= 11 is 0. The minimum Gasteiger partial charge on any atom is -0.465 e. The third-order valence-corrected chi connectivity index (χ3v) is 4.89. The van der Waals surface area contributed by atoms with Gasteiger partial charge in [-0.25, -0.2) is 0 Å². The fourth-order valence-electron chi connectivity index (χ4n) is 3.70. The van der Waals surface area contributed by atoms with Crippen LogP contribution in [-0.2, 0) is 9.53 Å². The molecule has 0 aliphatic heterocycles. The molecule has 4 heteroatoms. The highest BCUT2D eigenvalue weighted by Gasteiger charge is 2.47. The maximum atomic E-state index is 12.4. The van der Waals surface area contributed by atoms with Gasteiger partial charge in [-0.05, 0) is 64.5 Å². The van der Waals surface area contributed by atoms with E-state index in [1.807, 2.05) is 6.92 Å². The predicted molar refractivity (Wildman–Crippen MR) is 85.3 cm³/mol. The van der Waals surface area contributed by atoms with Crippen LogP contribution in [0.25, 0.3) is 0 Å². The van der Waals surface area contributed by atoms with Gasteiger partial charge >= 0.3 is 5.97 Å². The van der Waals surface area contributed by atoms with Crippen molar-refractivity contribution < 1.29 is 9.53 Å². The maximum Gasteiger partial charge on any atom is 0.326 e. The number of hydrogen-bond acceptors (Lipinski definition) is 4. The van der Waals surface area contributed by atoms with Crippen LogP contribution in [0.1, 0.15) is 59.3 Å². The first kappa shape index (κ1) is 16.8. The highest BCUT2D eigenvalue weighted by molar-refractivity contribution is 5.81. The van der Waals surface area contributed by atoms with Crippen molar-refractivity contribution in [2.45, 2.75) is 70.9 Å². The zero-order valence-corrected chi connectivity index (χ0v) is 14.0. The normalized spacial score (nSPS) is 29.0. The Morgan fingerprint density at radius 2 is 2.05 bits per heavy atom. The van der Waals surface area contributed by atoms with Crippen LogP contribution in [0, 0.1) is 5.92 Å².